The number of amides is 2. The molecule has 0 saturated carbocycles. The van der Waals surface area contributed by atoms with Crippen LogP contribution in [-0.4, -0.2) is 55.4 Å². The zero-order valence-electron chi connectivity index (χ0n) is 10.6. The fourth-order valence-electron chi connectivity index (χ4n) is 1.05. The molecule has 0 rings (SSSR count). The van der Waals surface area contributed by atoms with Crippen LogP contribution in [-0.2, 0) is 19.1 Å². The Labute approximate surface area is 103 Å². The van der Waals surface area contributed by atoms with Crippen molar-refractivity contribution >= 4 is 17.8 Å². The first-order valence-electron chi connectivity index (χ1n) is 5.21. The van der Waals surface area contributed by atoms with Crippen molar-refractivity contribution in [3.8, 4) is 0 Å². The molecule has 0 bridgehead atoms. The van der Waals surface area contributed by atoms with E-state index in [1.165, 1.54) is 27.9 Å². The predicted molar refractivity (Wildman–Crippen MR) is 57.9 cm³/mol. The van der Waals surface area contributed by atoms with Gasteiger partial charge in [0.2, 0.25) is 5.91 Å². The van der Waals surface area contributed by atoms with Crippen molar-refractivity contribution in [2.45, 2.75) is 25.8 Å². The average Bonchev–Trinajstić information content (AvgIpc) is 2.27. The average molecular weight is 266 g/mol. The number of ether oxygens (including phenoxy) is 1. The molecule has 0 aliphatic heterocycles. The molecule has 2 amide bonds. The number of nitrogens with one attached hydrogen (secondary N) is 1. The minimum absolute atomic E-state index is 0.270. The summed E-state index contributed by atoms with van der Waals surface area (Å²) < 4.78 is 30.5. The number of likely N-dealkylation sites (N-methyl/N-ethyl adjacent to an activating group) is 1. The summed E-state index contributed by atoms with van der Waals surface area (Å²) in [6, 6.07) is -1.16. The summed E-state index contributed by atoms with van der Waals surface area (Å²) in [6.45, 7) is 2.30. The molecule has 0 heterocycles. The monoisotopic (exact) mass is 266 g/mol. The van der Waals surface area contributed by atoms with E-state index in [0.29, 0.717) is 0 Å². The second kappa shape index (κ2) is 6.27. The highest BCUT2D eigenvalue weighted by Gasteiger charge is 2.49. The van der Waals surface area contributed by atoms with Crippen LogP contribution >= 0.6 is 0 Å². The molecular formula is C10H16F2N2O4. The molecule has 1 N–H and O–H groups in total. The van der Waals surface area contributed by atoms with E-state index in [1.807, 2.05) is 0 Å². The second-order valence-corrected chi connectivity index (χ2v) is 3.72. The number of rotatable bonds is 5. The number of carbonyl (C=O) groups excluding carboxylic acids is 3. The van der Waals surface area contributed by atoms with Crippen molar-refractivity contribution in [1.82, 2.24) is 10.2 Å². The van der Waals surface area contributed by atoms with E-state index in [9.17, 15) is 23.2 Å². The molecule has 1 atom stereocenters. The topological polar surface area (TPSA) is 75.7 Å². The summed E-state index contributed by atoms with van der Waals surface area (Å²) in [5, 5.41) is 1.76. The molecule has 0 aromatic heterocycles. The quantitative estimate of drug-likeness (QED) is 0.551. The molecule has 0 radical (unpaired) electrons. The van der Waals surface area contributed by atoms with Gasteiger partial charge < -0.3 is 15.0 Å². The molecule has 0 saturated heterocycles. The van der Waals surface area contributed by atoms with Crippen LogP contribution in [0, 0.1) is 0 Å². The van der Waals surface area contributed by atoms with Gasteiger partial charge in [0.1, 0.15) is 6.04 Å². The van der Waals surface area contributed by atoms with Gasteiger partial charge in [-0.2, -0.15) is 8.78 Å². The summed E-state index contributed by atoms with van der Waals surface area (Å²) in [4.78, 5) is 34.5. The molecule has 0 aliphatic carbocycles. The van der Waals surface area contributed by atoms with Crippen LogP contribution in [0.1, 0.15) is 13.8 Å². The van der Waals surface area contributed by atoms with Gasteiger partial charge in [-0.15, -0.1) is 0 Å². The highest BCUT2D eigenvalue weighted by molar-refractivity contribution is 6.05. The summed E-state index contributed by atoms with van der Waals surface area (Å²) >= 11 is 0. The zero-order chi connectivity index (χ0) is 14.5. The van der Waals surface area contributed by atoms with Crippen molar-refractivity contribution in [2.75, 3.05) is 20.7 Å². The fraction of sp³-hybridized carbons (Fsp3) is 0.700. The van der Waals surface area contributed by atoms with Crippen LogP contribution in [0.4, 0.5) is 8.78 Å². The number of carbonyl (C=O) groups is 3. The summed E-state index contributed by atoms with van der Waals surface area (Å²) in [6.07, 6.45) is 0. The molecule has 8 heteroatoms. The van der Waals surface area contributed by atoms with Crippen LogP contribution in [0.5, 0.6) is 0 Å². The molecule has 6 nitrogen and oxygen atoms in total. The van der Waals surface area contributed by atoms with Crippen molar-refractivity contribution in [2.24, 2.45) is 0 Å². The Morgan fingerprint density at radius 2 is 1.83 bits per heavy atom. The van der Waals surface area contributed by atoms with Gasteiger partial charge in [-0.3, -0.25) is 9.59 Å². The van der Waals surface area contributed by atoms with E-state index in [1.54, 1.807) is 5.32 Å². The fourth-order valence-corrected chi connectivity index (χ4v) is 1.05. The zero-order valence-corrected chi connectivity index (χ0v) is 10.6. The Balaban J connectivity index is 4.66. The van der Waals surface area contributed by atoms with Crippen LogP contribution in [0.2, 0.25) is 0 Å². The predicted octanol–water partition coefficient (Wildman–Crippen LogP) is -0.222. The standard InChI is InChI=1S/C10H16F2N2O4/c1-5-18-9(17)10(11,12)8(16)13-6(2)7(15)14(3)4/h6H,5H2,1-4H3,(H,13,16). The molecule has 1 unspecified atom stereocenters. The molecule has 0 fully saturated rings. The Morgan fingerprint density at radius 3 is 2.22 bits per heavy atom. The largest absolute Gasteiger partial charge is 0.461 e. The smallest absolute Gasteiger partial charge is 0.418 e. The van der Waals surface area contributed by atoms with E-state index in [0.717, 1.165) is 4.90 Å². The molecule has 0 aromatic carbocycles. The first-order chi connectivity index (χ1) is 8.14. The summed E-state index contributed by atoms with van der Waals surface area (Å²) in [7, 11) is 2.82. The molecule has 104 valence electrons. The molecular weight excluding hydrogens is 250 g/mol. The SMILES string of the molecule is CCOC(=O)C(F)(F)C(=O)NC(C)C(=O)N(C)C. The maximum atomic E-state index is 13.2. The number of halogens is 2. The minimum Gasteiger partial charge on any atom is -0.461 e. The normalized spacial score (nSPS) is 12.6. The Morgan fingerprint density at radius 1 is 1.33 bits per heavy atom. The Kier molecular flexibility index (Phi) is 5.67. The third-order valence-electron chi connectivity index (χ3n) is 1.98. The number of nitrogens with zero attached hydrogens (tertiary/aromatic N) is 1. The van der Waals surface area contributed by atoms with Crippen LogP contribution in [0.15, 0.2) is 0 Å². The Hall–Kier alpha value is -1.73. The maximum Gasteiger partial charge on any atom is 0.418 e. The van der Waals surface area contributed by atoms with Gasteiger partial charge in [0.15, 0.2) is 0 Å². The van der Waals surface area contributed by atoms with Gasteiger partial charge in [0, 0.05) is 14.1 Å². The van der Waals surface area contributed by atoms with Crippen molar-refractivity contribution in [3.63, 3.8) is 0 Å². The van der Waals surface area contributed by atoms with E-state index in [-0.39, 0.29) is 6.61 Å². The van der Waals surface area contributed by atoms with Gasteiger partial charge in [-0.25, -0.2) is 4.79 Å². The lowest BCUT2D eigenvalue weighted by Crippen LogP contribution is -2.53. The molecule has 0 spiro atoms. The van der Waals surface area contributed by atoms with Gasteiger partial charge in [0.05, 0.1) is 6.61 Å². The molecule has 18 heavy (non-hydrogen) atoms. The van der Waals surface area contributed by atoms with Crippen molar-refractivity contribution in [3.05, 3.63) is 0 Å². The van der Waals surface area contributed by atoms with Crippen LogP contribution < -0.4 is 5.32 Å². The number of alkyl halides is 2. The van der Waals surface area contributed by atoms with Gasteiger partial charge in [0.25, 0.3) is 0 Å². The first-order valence-corrected chi connectivity index (χ1v) is 5.21. The van der Waals surface area contributed by atoms with Crippen molar-refractivity contribution in [1.29, 1.82) is 0 Å². The van der Waals surface area contributed by atoms with Gasteiger partial charge in [-0.1, -0.05) is 0 Å². The second-order valence-electron chi connectivity index (χ2n) is 3.72. The Bertz CT molecular complexity index is 345. The van der Waals surface area contributed by atoms with Crippen molar-refractivity contribution < 1.29 is 27.9 Å². The minimum atomic E-state index is -4.31. The molecule has 0 aliphatic rings. The van der Waals surface area contributed by atoms with E-state index in [2.05, 4.69) is 4.74 Å². The lowest BCUT2D eigenvalue weighted by Gasteiger charge is -2.20. The van der Waals surface area contributed by atoms with Crippen LogP contribution in [0.3, 0.4) is 0 Å². The van der Waals surface area contributed by atoms with E-state index in [4.69, 9.17) is 0 Å². The number of hydrogen-bond acceptors (Lipinski definition) is 4. The highest BCUT2D eigenvalue weighted by Crippen LogP contribution is 2.16. The third-order valence-corrected chi connectivity index (χ3v) is 1.98. The summed E-state index contributed by atoms with van der Waals surface area (Å²) in [5.41, 5.74) is 0. The number of hydrogen-bond donors (Lipinski definition) is 1. The highest BCUT2D eigenvalue weighted by atomic mass is 19.3. The van der Waals surface area contributed by atoms with E-state index >= 15 is 0 Å². The van der Waals surface area contributed by atoms with Gasteiger partial charge >= 0.3 is 17.8 Å². The summed E-state index contributed by atoms with van der Waals surface area (Å²) in [5.74, 6) is -8.67. The van der Waals surface area contributed by atoms with Gasteiger partial charge in [-0.05, 0) is 13.8 Å². The molecule has 0 aromatic rings. The number of esters is 1. The lowest BCUT2D eigenvalue weighted by atomic mass is 10.2. The van der Waals surface area contributed by atoms with E-state index < -0.39 is 29.7 Å². The lowest BCUT2D eigenvalue weighted by molar-refractivity contribution is -0.178. The first kappa shape index (κ1) is 16.3. The third kappa shape index (κ3) is 3.94. The maximum absolute atomic E-state index is 13.2. The van der Waals surface area contributed by atoms with Crippen LogP contribution in [0.25, 0.3) is 0 Å².